The fourth-order valence-corrected chi connectivity index (χ4v) is 11.8. The van der Waals surface area contributed by atoms with Crippen molar-refractivity contribution in [1.29, 1.82) is 0 Å². The van der Waals surface area contributed by atoms with E-state index in [1.807, 2.05) is 45.8 Å². The van der Waals surface area contributed by atoms with E-state index in [2.05, 4.69) is 16.5 Å². The zero-order valence-electron chi connectivity index (χ0n) is 22.2. The summed E-state index contributed by atoms with van der Waals surface area (Å²) in [6, 6.07) is 12.1. The molecule has 2 amide bonds. The molecule has 2 N–H and O–H groups in total. The standard InChI is InChI=1S/C25H20N4O6S8/c1-42(32,33)26-20(30)12-28-22(38-18-9-16(40-24(18)28)14-5-3-7-36-14)11-23-29(13-21(31)27-43(2,34)35)25-19(39-23)10-17(41-25)15-6-4-8-37-15/h3-11H,12-13H2,1-2H3,(H-,26,27,30,31,32,33)/p+1. The molecule has 1 aliphatic heterocycles. The van der Waals surface area contributed by atoms with Gasteiger partial charge in [-0.3, -0.25) is 9.59 Å². The van der Waals surface area contributed by atoms with Gasteiger partial charge in [0.15, 0.2) is 10.0 Å². The highest BCUT2D eigenvalue weighted by Gasteiger charge is 2.33. The Hall–Kier alpha value is -2.42. The van der Waals surface area contributed by atoms with Crippen LogP contribution in [0.1, 0.15) is 5.01 Å². The predicted molar refractivity (Wildman–Crippen MR) is 179 cm³/mol. The molecule has 0 aromatic carbocycles. The number of hydrogen-bond acceptors (Lipinski definition) is 12. The fourth-order valence-electron chi connectivity index (χ4n) is 4.22. The van der Waals surface area contributed by atoms with Gasteiger partial charge in [-0.25, -0.2) is 17.3 Å². The fraction of sp³-hybridized carbons (Fsp3) is 0.160. The summed E-state index contributed by atoms with van der Waals surface area (Å²) in [4.78, 5) is 33.3. The summed E-state index contributed by atoms with van der Waals surface area (Å²) in [6.45, 7) is -0.485. The number of rotatable bonds is 8. The van der Waals surface area contributed by atoms with E-state index in [1.165, 1.54) is 45.8 Å². The highest BCUT2D eigenvalue weighted by molar-refractivity contribution is 8.04. The second kappa shape index (κ2) is 11.8. The summed E-state index contributed by atoms with van der Waals surface area (Å²) < 4.78 is 53.2. The van der Waals surface area contributed by atoms with Gasteiger partial charge in [-0.15, -0.1) is 38.4 Å². The van der Waals surface area contributed by atoms with E-state index in [-0.39, 0.29) is 13.1 Å². The Morgan fingerprint density at radius 1 is 1.00 bits per heavy atom. The summed E-state index contributed by atoms with van der Waals surface area (Å²) in [6.07, 6.45) is 3.77. The molecule has 0 aliphatic carbocycles. The van der Waals surface area contributed by atoms with Gasteiger partial charge in [-0.1, -0.05) is 46.6 Å². The molecule has 5 aromatic rings. The largest absolute Gasteiger partial charge is 0.317 e. The van der Waals surface area contributed by atoms with Gasteiger partial charge in [0.1, 0.15) is 16.2 Å². The Kier molecular flexibility index (Phi) is 8.42. The highest BCUT2D eigenvalue weighted by atomic mass is 32.2. The van der Waals surface area contributed by atoms with Crippen molar-refractivity contribution in [3.8, 4) is 19.5 Å². The van der Waals surface area contributed by atoms with E-state index in [0.717, 1.165) is 51.4 Å². The van der Waals surface area contributed by atoms with Crippen LogP contribution in [-0.2, 0) is 36.2 Å². The molecule has 1 aliphatic rings. The van der Waals surface area contributed by atoms with Crippen molar-refractivity contribution in [2.24, 2.45) is 4.36 Å². The number of thiazole rings is 1. The lowest BCUT2D eigenvalue weighted by Crippen LogP contribution is -2.45. The van der Waals surface area contributed by atoms with Crippen molar-refractivity contribution in [3.63, 3.8) is 0 Å². The predicted octanol–water partition coefficient (Wildman–Crippen LogP) is 5.85. The summed E-state index contributed by atoms with van der Waals surface area (Å²) >= 11 is 9.11. The van der Waals surface area contributed by atoms with Gasteiger partial charge in [0.05, 0.1) is 22.2 Å². The lowest BCUT2D eigenvalue weighted by atomic mass is 10.4. The van der Waals surface area contributed by atoms with Crippen LogP contribution in [0.3, 0.4) is 0 Å². The highest BCUT2D eigenvalue weighted by Crippen LogP contribution is 2.54. The molecule has 1 atom stereocenters. The Bertz CT molecular complexity index is 2120. The molecule has 1 unspecified atom stereocenters. The van der Waals surface area contributed by atoms with Crippen molar-refractivity contribution >= 4 is 121 Å². The first-order valence-electron chi connectivity index (χ1n) is 12.2. The molecule has 0 fully saturated rings. The summed E-state index contributed by atoms with van der Waals surface area (Å²) in [7, 11) is -7.39. The number of sulfonamides is 1. The Morgan fingerprint density at radius 3 is 2.28 bits per heavy atom. The normalized spacial score (nSPS) is 15.6. The number of nitrogens with one attached hydrogen (secondary N) is 1. The van der Waals surface area contributed by atoms with Crippen LogP contribution in [0.2, 0.25) is 0 Å². The van der Waals surface area contributed by atoms with Gasteiger partial charge in [0.2, 0.25) is 16.6 Å². The lowest BCUT2D eigenvalue weighted by Gasteiger charge is -2.17. The molecule has 43 heavy (non-hydrogen) atoms. The Morgan fingerprint density at radius 2 is 1.67 bits per heavy atom. The van der Waals surface area contributed by atoms with Crippen molar-refractivity contribution < 1.29 is 31.3 Å². The number of carbonyl (C=O) groups is 2. The van der Waals surface area contributed by atoms with Crippen LogP contribution in [0.25, 0.3) is 35.1 Å². The number of nitrogens with zero attached hydrogens (tertiary/aromatic N) is 3. The van der Waals surface area contributed by atoms with Crippen LogP contribution in [-0.4, -0.2) is 48.1 Å². The topological polar surface area (TPSA) is 137 Å². The summed E-state index contributed by atoms with van der Waals surface area (Å²) in [5.41, 5.74) is 0. The van der Waals surface area contributed by atoms with Gasteiger partial charge in [0.25, 0.3) is 21.7 Å². The van der Waals surface area contributed by atoms with Crippen LogP contribution >= 0.6 is 68.4 Å². The SMILES string of the molecule is CS(=O)(=O)NC(=O)C[n+]1c(C=C2Sc3cc(-c4cccs4)sc3N2CC(=O)N=S(C)(=O)O)sc2cc(-c3cccs3)sc21. The van der Waals surface area contributed by atoms with Crippen LogP contribution in [0.5, 0.6) is 0 Å². The molecular formula is C25H21N4O6S8+. The molecule has 18 heteroatoms. The van der Waals surface area contributed by atoms with E-state index in [4.69, 9.17) is 0 Å². The monoisotopic (exact) mass is 729 g/mol. The molecular weight excluding hydrogens is 709 g/mol. The maximum atomic E-state index is 12.8. The smallest absolute Gasteiger partial charge is 0.299 e. The molecule has 0 saturated heterocycles. The second-order valence-corrected chi connectivity index (χ2v) is 18.8. The number of fused-ring (bicyclic) bond motifs is 2. The van der Waals surface area contributed by atoms with E-state index < -0.39 is 31.8 Å². The van der Waals surface area contributed by atoms with Gasteiger partial charge < -0.3 is 9.45 Å². The Labute approximate surface area is 271 Å². The molecule has 6 rings (SSSR count). The van der Waals surface area contributed by atoms with Crippen LogP contribution in [0.15, 0.2) is 61.4 Å². The van der Waals surface area contributed by atoms with E-state index in [0.29, 0.717) is 10.0 Å². The van der Waals surface area contributed by atoms with Crippen molar-refractivity contribution in [3.05, 3.63) is 57.2 Å². The summed E-state index contributed by atoms with van der Waals surface area (Å²) in [5.74, 6) is -1.42. The number of thiophene rings is 4. The second-order valence-electron chi connectivity index (χ2n) is 9.26. The minimum Gasteiger partial charge on any atom is -0.317 e. The molecule has 224 valence electrons. The number of thioether (sulfide) groups is 1. The summed E-state index contributed by atoms with van der Waals surface area (Å²) in [5, 5.41) is 6.14. The zero-order chi connectivity index (χ0) is 30.5. The third kappa shape index (κ3) is 6.97. The number of hydrogen-bond donors (Lipinski definition) is 2. The molecule has 0 spiro atoms. The van der Waals surface area contributed by atoms with Gasteiger partial charge >= 0.3 is 0 Å². The molecule has 10 nitrogen and oxygen atoms in total. The number of aromatic nitrogens is 1. The van der Waals surface area contributed by atoms with Crippen LogP contribution < -0.4 is 14.2 Å². The van der Waals surface area contributed by atoms with E-state index >= 15 is 0 Å². The molecule has 0 bridgehead atoms. The van der Waals surface area contributed by atoms with Crippen molar-refractivity contribution in [2.45, 2.75) is 11.4 Å². The Balaban J connectivity index is 1.43. The van der Waals surface area contributed by atoms with Crippen molar-refractivity contribution in [2.75, 3.05) is 24.0 Å². The quantitative estimate of drug-likeness (QED) is 0.190. The van der Waals surface area contributed by atoms with Crippen LogP contribution in [0, 0.1) is 0 Å². The lowest BCUT2D eigenvalue weighted by molar-refractivity contribution is -0.653. The van der Waals surface area contributed by atoms with E-state index in [1.54, 1.807) is 32.1 Å². The van der Waals surface area contributed by atoms with Crippen LogP contribution in [0.4, 0.5) is 5.00 Å². The maximum absolute atomic E-state index is 12.8. The third-order valence-corrected chi connectivity index (χ3v) is 13.8. The minimum atomic E-state index is -3.76. The van der Waals surface area contributed by atoms with Gasteiger partial charge in [-0.2, -0.15) is 4.57 Å². The first-order chi connectivity index (χ1) is 20.3. The zero-order valence-corrected chi connectivity index (χ0v) is 28.7. The average molecular weight is 730 g/mol. The molecule has 0 radical (unpaired) electrons. The number of anilines is 1. The number of carbonyl (C=O) groups excluding carboxylic acids is 2. The molecule has 0 saturated carbocycles. The van der Waals surface area contributed by atoms with Crippen molar-refractivity contribution in [1.82, 2.24) is 4.72 Å². The van der Waals surface area contributed by atoms with Gasteiger partial charge in [0, 0.05) is 25.8 Å². The third-order valence-electron chi connectivity index (χ3n) is 5.75. The number of amides is 2. The van der Waals surface area contributed by atoms with Gasteiger partial charge in [-0.05, 0) is 35.0 Å². The average Bonchev–Trinajstić information content (AvgIpc) is 3.71. The first kappa shape index (κ1) is 30.6. The maximum Gasteiger partial charge on any atom is 0.299 e. The minimum absolute atomic E-state index is 0.234. The first-order valence-corrected chi connectivity index (χ1v) is 21.0. The molecule has 5 aromatic heterocycles. The molecule has 6 heterocycles. The van der Waals surface area contributed by atoms with E-state index in [9.17, 15) is 26.8 Å².